The van der Waals surface area contributed by atoms with Crippen LogP contribution in [0, 0.1) is 12.7 Å². The number of carbonyl (C=O) groups is 1. The van der Waals surface area contributed by atoms with E-state index in [2.05, 4.69) is 10.4 Å². The van der Waals surface area contributed by atoms with E-state index in [-0.39, 0.29) is 30.1 Å². The number of aromatic nitrogens is 3. The molecule has 8 heteroatoms. The Morgan fingerprint density at radius 1 is 1.15 bits per heavy atom. The van der Waals surface area contributed by atoms with Crippen LogP contribution in [0.3, 0.4) is 0 Å². The van der Waals surface area contributed by atoms with E-state index in [1.807, 2.05) is 48.7 Å². The molecule has 0 aliphatic carbocycles. The lowest BCUT2D eigenvalue weighted by atomic mass is 10.1. The minimum atomic E-state index is -0.372. The van der Waals surface area contributed by atoms with Gasteiger partial charge in [-0.25, -0.2) is 4.39 Å². The van der Waals surface area contributed by atoms with Gasteiger partial charge in [0, 0.05) is 41.5 Å². The van der Waals surface area contributed by atoms with E-state index in [1.54, 1.807) is 7.11 Å². The molecule has 33 heavy (non-hydrogen) atoms. The quantitative estimate of drug-likeness (QED) is 0.459. The standard InChI is InChI=1S/C25H25FN4O3/c1-4-29-16(2)19(13-14-23(31)27-18-11-9-17(26)10-12-18)25(32)30-24(29)15-21(28-30)20-7-5-6-8-22(20)33-3/h5-12,15H,4,13-14H2,1-3H3,(H,27,31). The fourth-order valence-electron chi connectivity index (χ4n) is 4.00. The summed E-state index contributed by atoms with van der Waals surface area (Å²) in [7, 11) is 1.60. The Bertz CT molecular complexity index is 1370. The zero-order chi connectivity index (χ0) is 23.5. The molecule has 2 aromatic heterocycles. The monoisotopic (exact) mass is 448 g/mol. The van der Waals surface area contributed by atoms with Crippen molar-refractivity contribution in [3.05, 3.63) is 82.0 Å². The summed E-state index contributed by atoms with van der Waals surface area (Å²) < 4.78 is 21.9. The molecule has 4 aromatic rings. The predicted molar refractivity (Wildman–Crippen MR) is 125 cm³/mol. The van der Waals surface area contributed by atoms with Gasteiger partial charge in [0.15, 0.2) is 0 Å². The minimum Gasteiger partial charge on any atom is -0.496 e. The first-order valence-corrected chi connectivity index (χ1v) is 10.7. The van der Waals surface area contributed by atoms with Crippen molar-refractivity contribution in [3.63, 3.8) is 0 Å². The van der Waals surface area contributed by atoms with Gasteiger partial charge in [-0.1, -0.05) is 12.1 Å². The third kappa shape index (κ3) is 4.37. The molecule has 0 atom stereocenters. The van der Waals surface area contributed by atoms with Crippen LogP contribution in [-0.2, 0) is 17.8 Å². The first kappa shape index (κ1) is 22.3. The molecule has 0 saturated heterocycles. The second kappa shape index (κ2) is 9.28. The molecule has 0 unspecified atom stereocenters. The average Bonchev–Trinajstić information content (AvgIpc) is 3.26. The number of amides is 1. The Hall–Kier alpha value is -3.94. The molecule has 2 heterocycles. The second-order valence-corrected chi connectivity index (χ2v) is 7.67. The number of halogens is 1. The Morgan fingerprint density at radius 3 is 2.58 bits per heavy atom. The molecule has 0 spiro atoms. The Morgan fingerprint density at radius 2 is 1.88 bits per heavy atom. The van der Waals surface area contributed by atoms with Gasteiger partial charge in [-0.3, -0.25) is 9.59 Å². The maximum atomic E-state index is 13.3. The number of ether oxygens (including phenoxy) is 1. The van der Waals surface area contributed by atoms with Crippen molar-refractivity contribution < 1.29 is 13.9 Å². The van der Waals surface area contributed by atoms with Crippen molar-refractivity contribution in [3.8, 4) is 17.0 Å². The van der Waals surface area contributed by atoms with Gasteiger partial charge in [0.1, 0.15) is 17.2 Å². The Balaban J connectivity index is 1.67. The van der Waals surface area contributed by atoms with Crippen LogP contribution in [0.4, 0.5) is 10.1 Å². The van der Waals surface area contributed by atoms with Crippen LogP contribution >= 0.6 is 0 Å². The van der Waals surface area contributed by atoms with E-state index in [0.717, 1.165) is 11.3 Å². The molecule has 170 valence electrons. The number of carbonyl (C=O) groups excluding carboxylic acids is 1. The fraction of sp³-hybridized carbons (Fsp3) is 0.240. The third-order valence-corrected chi connectivity index (χ3v) is 5.69. The lowest BCUT2D eigenvalue weighted by Gasteiger charge is -2.14. The van der Waals surface area contributed by atoms with Crippen LogP contribution in [0.1, 0.15) is 24.6 Å². The molecule has 1 amide bonds. The van der Waals surface area contributed by atoms with Gasteiger partial charge in [-0.05, 0) is 56.7 Å². The smallest absolute Gasteiger partial charge is 0.277 e. The minimum absolute atomic E-state index is 0.114. The van der Waals surface area contributed by atoms with Crippen molar-refractivity contribution in [1.82, 2.24) is 14.2 Å². The highest BCUT2D eigenvalue weighted by atomic mass is 19.1. The average molecular weight is 448 g/mol. The molecular weight excluding hydrogens is 423 g/mol. The summed E-state index contributed by atoms with van der Waals surface area (Å²) >= 11 is 0. The van der Waals surface area contributed by atoms with Crippen LogP contribution in [0.15, 0.2) is 59.4 Å². The van der Waals surface area contributed by atoms with Gasteiger partial charge < -0.3 is 14.6 Å². The molecule has 4 rings (SSSR count). The topological polar surface area (TPSA) is 77.6 Å². The van der Waals surface area contributed by atoms with Crippen LogP contribution in [0.25, 0.3) is 16.9 Å². The second-order valence-electron chi connectivity index (χ2n) is 7.67. The number of anilines is 1. The first-order chi connectivity index (χ1) is 15.9. The fourth-order valence-corrected chi connectivity index (χ4v) is 4.00. The van der Waals surface area contributed by atoms with Gasteiger partial charge in [0.2, 0.25) is 5.91 Å². The summed E-state index contributed by atoms with van der Waals surface area (Å²) in [5, 5.41) is 7.30. The molecule has 0 fully saturated rings. The summed E-state index contributed by atoms with van der Waals surface area (Å²) in [5.41, 5.74) is 3.71. The van der Waals surface area contributed by atoms with Crippen molar-refractivity contribution in [2.24, 2.45) is 0 Å². The maximum absolute atomic E-state index is 13.3. The molecule has 0 aliphatic rings. The van der Waals surface area contributed by atoms with Crippen molar-refractivity contribution in [2.45, 2.75) is 33.2 Å². The Labute approximate surface area is 190 Å². The SMILES string of the molecule is CCn1c(C)c(CCC(=O)Nc2ccc(F)cc2)c(=O)n2nc(-c3ccccc3OC)cc12. The van der Waals surface area contributed by atoms with Crippen molar-refractivity contribution in [1.29, 1.82) is 0 Å². The van der Waals surface area contributed by atoms with E-state index in [0.29, 0.717) is 34.9 Å². The van der Waals surface area contributed by atoms with E-state index < -0.39 is 0 Å². The van der Waals surface area contributed by atoms with Gasteiger partial charge in [-0.15, -0.1) is 0 Å². The molecule has 0 radical (unpaired) electrons. The summed E-state index contributed by atoms with van der Waals surface area (Å²) in [6.07, 6.45) is 0.376. The highest BCUT2D eigenvalue weighted by Gasteiger charge is 2.18. The molecule has 0 bridgehead atoms. The van der Waals surface area contributed by atoms with Gasteiger partial charge >= 0.3 is 0 Å². The van der Waals surface area contributed by atoms with E-state index >= 15 is 0 Å². The van der Waals surface area contributed by atoms with E-state index in [1.165, 1.54) is 28.8 Å². The third-order valence-electron chi connectivity index (χ3n) is 5.69. The number of hydrogen-bond donors (Lipinski definition) is 1. The van der Waals surface area contributed by atoms with Crippen LogP contribution < -0.4 is 15.6 Å². The van der Waals surface area contributed by atoms with Gasteiger partial charge in [0.05, 0.1) is 12.8 Å². The van der Waals surface area contributed by atoms with Crippen LogP contribution in [-0.4, -0.2) is 27.2 Å². The van der Waals surface area contributed by atoms with Gasteiger partial charge in [-0.2, -0.15) is 9.61 Å². The summed E-state index contributed by atoms with van der Waals surface area (Å²) in [6.45, 7) is 4.52. The lowest BCUT2D eigenvalue weighted by molar-refractivity contribution is -0.116. The number of para-hydroxylation sites is 1. The zero-order valence-electron chi connectivity index (χ0n) is 18.8. The first-order valence-electron chi connectivity index (χ1n) is 10.7. The molecule has 0 saturated carbocycles. The molecular formula is C25H25FN4O3. The van der Waals surface area contributed by atoms with E-state index in [4.69, 9.17) is 4.74 Å². The maximum Gasteiger partial charge on any atom is 0.277 e. The number of benzene rings is 2. The van der Waals surface area contributed by atoms with Crippen molar-refractivity contribution >= 4 is 17.2 Å². The summed E-state index contributed by atoms with van der Waals surface area (Å²) in [5.74, 6) is 0.0494. The van der Waals surface area contributed by atoms with Crippen molar-refractivity contribution in [2.75, 3.05) is 12.4 Å². The molecule has 0 aliphatic heterocycles. The Kier molecular flexibility index (Phi) is 6.26. The summed E-state index contributed by atoms with van der Waals surface area (Å²) in [4.78, 5) is 25.7. The number of fused-ring (bicyclic) bond motifs is 1. The highest BCUT2D eigenvalue weighted by molar-refractivity contribution is 5.90. The largest absolute Gasteiger partial charge is 0.496 e. The molecule has 1 N–H and O–H groups in total. The van der Waals surface area contributed by atoms with E-state index in [9.17, 15) is 14.0 Å². The number of hydrogen-bond acceptors (Lipinski definition) is 4. The lowest BCUT2D eigenvalue weighted by Crippen LogP contribution is -2.26. The summed E-state index contributed by atoms with van der Waals surface area (Å²) in [6, 6.07) is 15.0. The molecule has 2 aromatic carbocycles. The number of methoxy groups -OCH3 is 1. The van der Waals surface area contributed by atoms with Crippen LogP contribution in [0.5, 0.6) is 5.75 Å². The van der Waals surface area contributed by atoms with Crippen LogP contribution in [0.2, 0.25) is 0 Å². The highest BCUT2D eigenvalue weighted by Crippen LogP contribution is 2.29. The number of aryl methyl sites for hydroxylation is 1. The predicted octanol–water partition coefficient (Wildman–Crippen LogP) is 4.21. The number of rotatable bonds is 7. The number of nitrogens with zero attached hydrogens (tertiary/aromatic N) is 3. The number of nitrogens with one attached hydrogen (secondary N) is 1. The van der Waals surface area contributed by atoms with Gasteiger partial charge in [0.25, 0.3) is 5.56 Å². The zero-order valence-corrected chi connectivity index (χ0v) is 18.8. The normalized spacial score (nSPS) is 11.0. The molecule has 7 nitrogen and oxygen atoms in total.